The molecule has 0 rings (SSSR count). The number of hydrogen-bond acceptors (Lipinski definition) is 2. The standard InChI is InChI=1S/C21H43NO/c1-3-4-5-6-7-8-9-10-11-12-13-14-15-16-17-18-19-22(2)20-21-23/h10-11,23H,3-9,12-21H2,1-2H3. The predicted molar refractivity (Wildman–Crippen MR) is 104 cm³/mol. The van der Waals surface area contributed by atoms with E-state index in [0.29, 0.717) is 0 Å². The van der Waals surface area contributed by atoms with Crippen molar-refractivity contribution in [3.8, 4) is 0 Å². The van der Waals surface area contributed by atoms with Crippen LogP contribution in [0.4, 0.5) is 0 Å². The lowest BCUT2D eigenvalue weighted by molar-refractivity contribution is 0.219. The predicted octanol–water partition coefficient (Wildman–Crippen LogP) is 5.95. The molecule has 0 fully saturated rings. The number of aliphatic hydroxyl groups is 1. The van der Waals surface area contributed by atoms with Gasteiger partial charge in [0.15, 0.2) is 0 Å². The zero-order valence-corrected chi connectivity index (χ0v) is 16.1. The van der Waals surface area contributed by atoms with Gasteiger partial charge < -0.3 is 10.0 Å². The first-order valence-electron chi connectivity index (χ1n) is 10.3. The Bertz CT molecular complexity index is 240. The maximum Gasteiger partial charge on any atom is 0.0558 e. The number of unbranched alkanes of at least 4 members (excludes halogenated alkanes) is 12. The molecule has 23 heavy (non-hydrogen) atoms. The highest BCUT2D eigenvalue weighted by molar-refractivity contribution is 4.81. The van der Waals surface area contributed by atoms with Crippen LogP contribution in [0.1, 0.15) is 96.8 Å². The monoisotopic (exact) mass is 325 g/mol. The van der Waals surface area contributed by atoms with Gasteiger partial charge in [0.1, 0.15) is 0 Å². The van der Waals surface area contributed by atoms with E-state index in [1.807, 2.05) is 0 Å². The Kier molecular flexibility index (Phi) is 19.4. The molecule has 0 aromatic rings. The lowest BCUT2D eigenvalue weighted by Gasteiger charge is -2.14. The van der Waals surface area contributed by atoms with Gasteiger partial charge in [0.25, 0.3) is 0 Å². The minimum atomic E-state index is 0.281. The van der Waals surface area contributed by atoms with Gasteiger partial charge in [-0.3, -0.25) is 0 Å². The largest absolute Gasteiger partial charge is 0.395 e. The molecule has 0 saturated heterocycles. The van der Waals surface area contributed by atoms with Crippen molar-refractivity contribution in [1.29, 1.82) is 0 Å². The third-order valence-electron chi connectivity index (χ3n) is 4.53. The molecular formula is C21H43NO. The van der Waals surface area contributed by atoms with E-state index < -0.39 is 0 Å². The first-order valence-corrected chi connectivity index (χ1v) is 10.3. The Balaban J connectivity index is 3.10. The van der Waals surface area contributed by atoms with Crippen LogP contribution in [0.25, 0.3) is 0 Å². The molecule has 1 N–H and O–H groups in total. The molecule has 0 unspecified atom stereocenters. The second kappa shape index (κ2) is 19.7. The molecule has 2 nitrogen and oxygen atoms in total. The second-order valence-corrected chi connectivity index (χ2v) is 6.96. The van der Waals surface area contributed by atoms with Gasteiger partial charge in [-0.05, 0) is 45.7 Å². The van der Waals surface area contributed by atoms with Gasteiger partial charge in [0.2, 0.25) is 0 Å². The number of hydrogen-bond donors (Lipinski definition) is 1. The first-order chi connectivity index (χ1) is 11.3. The van der Waals surface area contributed by atoms with Crippen LogP contribution in [-0.2, 0) is 0 Å². The summed E-state index contributed by atoms with van der Waals surface area (Å²) in [5, 5.41) is 8.82. The van der Waals surface area contributed by atoms with Crippen molar-refractivity contribution in [3.63, 3.8) is 0 Å². The third-order valence-corrected chi connectivity index (χ3v) is 4.53. The summed E-state index contributed by atoms with van der Waals surface area (Å²) in [6, 6.07) is 0. The van der Waals surface area contributed by atoms with Crippen LogP contribution < -0.4 is 0 Å². The topological polar surface area (TPSA) is 23.5 Å². The van der Waals surface area contributed by atoms with Crippen LogP contribution in [0.15, 0.2) is 12.2 Å². The Morgan fingerprint density at radius 2 is 1.13 bits per heavy atom. The Hall–Kier alpha value is -0.340. The smallest absolute Gasteiger partial charge is 0.0558 e. The molecule has 0 bridgehead atoms. The molecule has 0 heterocycles. The Morgan fingerprint density at radius 1 is 0.652 bits per heavy atom. The molecule has 2 heteroatoms. The molecule has 0 aromatic heterocycles. The van der Waals surface area contributed by atoms with Crippen molar-refractivity contribution in [2.75, 3.05) is 26.7 Å². The molecule has 0 atom stereocenters. The number of rotatable bonds is 18. The van der Waals surface area contributed by atoms with Crippen molar-refractivity contribution >= 4 is 0 Å². The van der Waals surface area contributed by atoms with Gasteiger partial charge >= 0.3 is 0 Å². The summed E-state index contributed by atoms with van der Waals surface area (Å²) in [5.41, 5.74) is 0. The fraction of sp³-hybridized carbons (Fsp3) is 0.905. The highest BCUT2D eigenvalue weighted by Gasteiger charge is 1.96. The van der Waals surface area contributed by atoms with Crippen LogP contribution in [0.5, 0.6) is 0 Å². The summed E-state index contributed by atoms with van der Waals surface area (Å²) in [4.78, 5) is 2.22. The van der Waals surface area contributed by atoms with Gasteiger partial charge in [-0.25, -0.2) is 0 Å². The molecule has 0 radical (unpaired) electrons. The lowest BCUT2D eigenvalue weighted by Crippen LogP contribution is -2.23. The van der Waals surface area contributed by atoms with Crippen LogP contribution >= 0.6 is 0 Å². The van der Waals surface area contributed by atoms with E-state index in [1.165, 1.54) is 89.9 Å². The normalized spacial score (nSPS) is 11.8. The van der Waals surface area contributed by atoms with E-state index in [1.54, 1.807) is 0 Å². The molecular weight excluding hydrogens is 282 g/mol. The molecule has 0 amide bonds. The van der Waals surface area contributed by atoms with Crippen molar-refractivity contribution in [1.82, 2.24) is 4.90 Å². The van der Waals surface area contributed by atoms with Gasteiger partial charge in [0, 0.05) is 6.54 Å². The Morgan fingerprint density at radius 3 is 1.65 bits per heavy atom. The van der Waals surface area contributed by atoms with E-state index in [4.69, 9.17) is 5.11 Å². The maximum atomic E-state index is 8.82. The minimum Gasteiger partial charge on any atom is -0.395 e. The molecule has 0 aliphatic rings. The second-order valence-electron chi connectivity index (χ2n) is 6.96. The molecule has 0 spiro atoms. The summed E-state index contributed by atoms with van der Waals surface area (Å²) >= 11 is 0. The van der Waals surface area contributed by atoms with Crippen LogP contribution in [0, 0.1) is 0 Å². The van der Waals surface area contributed by atoms with Crippen LogP contribution in [-0.4, -0.2) is 36.8 Å². The van der Waals surface area contributed by atoms with Crippen LogP contribution in [0.2, 0.25) is 0 Å². The fourth-order valence-electron chi connectivity index (χ4n) is 2.91. The van der Waals surface area contributed by atoms with Gasteiger partial charge in [-0.15, -0.1) is 0 Å². The number of likely N-dealkylation sites (N-methyl/N-ethyl adjacent to an activating group) is 1. The minimum absolute atomic E-state index is 0.281. The zero-order chi connectivity index (χ0) is 17.0. The summed E-state index contributed by atoms with van der Waals surface area (Å²) in [5.74, 6) is 0. The molecule has 0 aromatic carbocycles. The molecule has 0 aliphatic heterocycles. The highest BCUT2D eigenvalue weighted by Crippen LogP contribution is 2.10. The van der Waals surface area contributed by atoms with Gasteiger partial charge in [0.05, 0.1) is 6.61 Å². The number of allylic oxidation sites excluding steroid dienone is 2. The van der Waals surface area contributed by atoms with E-state index in [0.717, 1.165) is 13.1 Å². The summed E-state index contributed by atoms with van der Waals surface area (Å²) in [6.45, 7) is 4.50. The SMILES string of the molecule is CCCCCCCCC=CCCCCCCCCN(C)CCO. The maximum absolute atomic E-state index is 8.82. The average molecular weight is 326 g/mol. The van der Waals surface area contributed by atoms with Crippen LogP contribution in [0.3, 0.4) is 0 Å². The number of aliphatic hydroxyl groups excluding tert-OH is 1. The van der Waals surface area contributed by atoms with Gasteiger partial charge in [-0.1, -0.05) is 76.9 Å². The van der Waals surface area contributed by atoms with E-state index in [9.17, 15) is 0 Å². The first kappa shape index (κ1) is 22.7. The summed E-state index contributed by atoms with van der Waals surface area (Å²) in [7, 11) is 2.09. The molecule has 138 valence electrons. The average Bonchev–Trinajstić information content (AvgIpc) is 2.54. The number of nitrogens with zero attached hydrogens (tertiary/aromatic N) is 1. The highest BCUT2D eigenvalue weighted by atomic mass is 16.3. The van der Waals surface area contributed by atoms with Crippen molar-refractivity contribution in [2.45, 2.75) is 96.8 Å². The summed E-state index contributed by atoms with van der Waals surface area (Å²) in [6.07, 6.45) is 23.9. The van der Waals surface area contributed by atoms with Crippen molar-refractivity contribution < 1.29 is 5.11 Å². The van der Waals surface area contributed by atoms with E-state index in [-0.39, 0.29) is 6.61 Å². The molecule has 0 saturated carbocycles. The fourth-order valence-corrected chi connectivity index (χ4v) is 2.91. The Labute approximate surface area is 146 Å². The van der Waals surface area contributed by atoms with E-state index in [2.05, 4.69) is 31.0 Å². The van der Waals surface area contributed by atoms with Gasteiger partial charge in [-0.2, -0.15) is 0 Å². The van der Waals surface area contributed by atoms with E-state index >= 15 is 0 Å². The third kappa shape index (κ3) is 19.6. The zero-order valence-electron chi connectivity index (χ0n) is 16.1. The van der Waals surface area contributed by atoms with Crippen molar-refractivity contribution in [3.05, 3.63) is 12.2 Å². The van der Waals surface area contributed by atoms with Crippen molar-refractivity contribution in [2.24, 2.45) is 0 Å². The quantitative estimate of drug-likeness (QED) is 0.249. The summed E-state index contributed by atoms with van der Waals surface area (Å²) < 4.78 is 0. The lowest BCUT2D eigenvalue weighted by atomic mass is 10.1. The molecule has 0 aliphatic carbocycles.